The lowest BCUT2D eigenvalue weighted by molar-refractivity contribution is -0.276. The average molecular weight is 529 g/mol. The van der Waals surface area contributed by atoms with Crippen molar-refractivity contribution in [2.75, 3.05) is 26.9 Å². The number of aldehydes is 1. The molecule has 38 heavy (non-hydrogen) atoms. The van der Waals surface area contributed by atoms with E-state index in [-0.39, 0.29) is 18.1 Å². The summed E-state index contributed by atoms with van der Waals surface area (Å²) < 4.78 is 5.31. The van der Waals surface area contributed by atoms with Gasteiger partial charge in [-0.25, -0.2) is 4.79 Å². The van der Waals surface area contributed by atoms with Crippen molar-refractivity contribution in [3.63, 3.8) is 0 Å². The Bertz CT molecular complexity index is 857. The van der Waals surface area contributed by atoms with Crippen LogP contribution in [0.5, 0.6) is 0 Å². The number of aryl methyl sites for hydroxylation is 2. The molecule has 1 N–H and O–H groups in total. The topological polar surface area (TPSA) is 82.1 Å². The Morgan fingerprint density at radius 2 is 1.66 bits per heavy atom. The number of carbonyl (C=O) groups excluding carboxylic acids is 2. The summed E-state index contributed by atoms with van der Waals surface area (Å²) in [5.41, 5.74) is 3.43. The molecule has 2 rings (SSSR count). The van der Waals surface area contributed by atoms with Crippen LogP contribution in [0.2, 0.25) is 0 Å². The van der Waals surface area contributed by atoms with E-state index in [0.717, 1.165) is 25.5 Å². The number of allylic oxidation sites excluding steroid dienone is 3. The Hall–Kier alpha value is -2.54. The highest BCUT2D eigenvalue weighted by Gasteiger charge is 2.21. The van der Waals surface area contributed by atoms with Crippen LogP contribution in [0, 0.1) is 17.8 Å². The third-order valence-corrected chi connectivity index (χ3v) is 6.62. The van der Waals surface area contributed by atoms with Gasteiger partial charge in [0.15, 0.2) is 0 Å². The van der Waals surface area contributed by atoms with Gasteiger partial charge in [0.2, 0.25) is 0 Å². The predicted octanol–water partition coefficient (Wildman–Crippen LogP) is 6.37. The smallest absolute Gasteiger partial charge is 0.370 e. The van der Waals surface area contributed by atoms with E-state index in [4.69, 9.17) is 19.6 Å². The average Bonchev–Trinajstić information content (AvgIpc) is 2.93. The van der Waals surface area contributed by atoms with Crippen LogP contribution in [-0.2, 0) is 36.9 Å². The Labute approximate surface area is 229 Å². The minimum atomic E-state index is -0.736. The number of ether oxygens (including phenoxy) is 1. The zero-order valence-corrected chi connectivity index (χ0v) is 23.7. The summed E-state index contributed by atoms with van der Waals surface area (Å²) in [6, 6.07) is 9.20. The second kappa shape index (κ2) is 20.4. The maximum Gasteiger partial charge on any atom is 0.370 e. The van der Waals surface area contributed by atoms with Crippen LogP contribution in [0.15, 0.2) is 60.7 Å². The first-order valence-corrected chi connectivity index (χ1v) is 13.8. The monoisotopic (exact) mass is 528 g/mol. The zero-order chi connectivity index (χ0) is 28.2. The number of carbonyl (C=O) groups is 2. The minimum absolute atomic E-state index is 0.0255. The van der Waals surface area contributed by atoms with Gasteiger partial charge in [-0.3, -0.25) is 9.68 Å². The van der Waals surface area contributed by atoms with E-state index >= 15 is 0 Å². The van der Waals surface area contributed by atoms with E-state index in [1.54, 1.807) is 14.0 Å². The molecule has 6 nitrogen and oxygen atoms in total. The minimum Gasteiger partial charge on any atom is -0.391 e. The van der Waals surface area contributed by atoms with Gasteiger partial charge in [-0.1, -0.05) is 69.3 Å². The quantitative estimate of drug-likeness (QED) is 0.0632. The lowest BCUT2D eigenvalue weighted by atomic mass is 9.81. The fraction of sp³-hybridized carbons (Fsp3) is 0.562. The molecule has 0 bridgehead atoms. The molecular formula is C32H48O6. The summed E-state index contributed by atoms with van der Waals surface area (Å²) >= 11 is 0. The first kappa shape index (κ1) is 33.5. The highest BCUT2D eigenvalue weighted by Crippen LogP contribution is 2.30. The van der Waals surface area contributed by atoms with Crippen molar-refractivity contribution in [1.29, 1.82) is 0 Å². The van der Waals surface area contributed by atoms with Gasteiger partial charge in [-0.05, 0) is 80.4 Å². The molecule has 1 aliphatic rings. The van der Waals surface area contributed by atoms with Crippen LogP contribution in [0.3, 0.4) is 0 Å². The molecule has 3 unspecified atom stereocenters. The normalized spacial score (nSPS) is 17.2. The SMILES string of the molecule is C=C(C)C=O.C=C(CO)C(=O)OOCC(COC)CC1C=CC(CCc2ccc(CCCCC)cc2)CC1. The van der Waals surface area contributed by atoms with E-state index in [9.17, 15) is 9.59 Å². The van der Waals surface area contributed by atoms with Crippen molar-refractivity contribution in [2.45, 2.75) is 71.6 Å². The first-order valence-electron chi connectivity index (χ1n) is 13.8. The molecule has 0 fully saturated rings. The molecule has 0 spiro atoms. The molecule has 0 radical (unpaired) electrons. The molecule has 1 aromatic carbocycles. The van der Waals surface area contributed by atoms with Crippen molar-refractivity contribution >= 4 is 12.3 Å². The van der Waals surface area contributed by atoms with Gasteiger partial charge in [0.05, 0.1) is 25.4 Å². The van der Waals surface area contributed by atoms with Gasteiger partial charge in [-0.2, -0.15) is 4.89 Å². The van der Waals surface area contributed by atoms with E-state index in [2.05, 4.69) is 56.5 Å². The number of benzene rings is 1. The fourth-order valence-corrected chi connectivity index (χ4v) is 4.33. The largest absolute Gasteiger partial charge is 0.391 e. The second-order valence-corrected chi connectivity index (χ2v) is 10.2. The van der Waals surface area contributed by atoms with Crippen LogP contribution in [0.4, 0.5) is 0 Å². The number of methoxy groups -OCH3 is 1. The van der Waals surface area contributed by atoms with Crippen LogP contribution in [0.25, 0.3) is 0 Å². The first-order chi connectivity index (χ1) is 18.3. The van der Waals surface area contributed by atoms with Crippen LogP contribution >= 0.6 is 0 Å². The lowest BCUT2D eigenvalue weighted by Crippen LogP contribution is -2.22. The summed E-state index contributed by atoms with van der Waals surface area (Å²) in [4.78, 5) is 30.7. The zero-order valence-electron chi connectivity index (χ0n) is 23.7. The van der Waals surface area contributed by atoms with Crippen molar-refractivity contribution in [1.82, 2.24) is 0 Å². The Kier molecular flexibility index (Phi) is 18.0. The highest BCUT2D eigenvalue weighted by atomic mass is 17.2. The van der Waals surface area contributed by atoms with Crippen LogP contribution in [-0.4, -0.2) is 44.3 Å². The number of aliphatic hydroxyl groups excluding tert-OH is 1. The number of aliphatic hydroxyl groups is 1. The molecule has 3 atom stereocenters. The molecule has 212 valence electrons. The molecule has 1 aromatic rings. The molecule has 0 amide bonds. The van der Waals surface area contributed by atoms with Crippen LogP contribution < -0.4 is 0 Å². The summed E-state index contributed by atoms with van der Waals surface area (Å²) in [5.74, 6) is 0.510. The second-order valence-electron chi connectivity index (χ2n) is 10.2. The fourth-order valence-electron chi connectivity index (χ4n) is 4.33. The number of hydrogen-bond donors (Lipinski definition) is 1. The van der Waals surface area contributed by atoms with Crippen molar-refractivity contribution in [2.24, 2.45) is 17.8 Å². The van der Waals surface area contributed by atoms with E-state index in [1.165, 1.54) is 49.7 Å². The van der Waals surface area contributed by atoms with Gasteiger partial charge in [0.1, 0.15) is 6.29 Å². The third kappa shape index (κ3) is 15.0. The van der Waals surface area contributed by atoms with Crippen molar-refractivity contribution in [3.05, 3.63) is 71.8 Å². The number of rotatable bonds is 17. The summed E-state index contributed by atoms with van der Waals surface area (Å²) in [6.45, 7) is 11.0. The van der Waals surface area contributed by atoms with Gasteiger partial charge in [0, 0.05) is 13.0 Å². The Morgan fingerprint density at radius 1 is 1.05 bits per heavy atom. The van der Waals surface area contributed by atoms with Crippen molar-refractivity contribution < 1.29 is 29.2 Å². The van der Waals surface area contributed by atoms with Gasteiger partial charge < -0.3 is 9.84 Å². The third-order valence-electron chi connectivity index (χ3n) is 6.62. The highest BCUT2D eigenvalue weighted by molar-refractivity contribution is 5.87. The molecule has 0 aromatic heterocycles. The van der Waals surface area contributed by atoms with Gasteiger partial charge in [0.25, 0.3) is 0 Å². The summed E-state index contributed by atoms with van der Waals surface area (Å²) in [5, 5.41) is 8.90. The molecular weight excluding hydrogens is 480 g/mol. The molecule has 0 saturated heterocycles. The van der Waals surface area contributed by atoms with E-state index in [1.807, 2.05) is 0 Å². The van der Waals surface area contributed by atoms with E-state index < -0.39 is 12.6 Å². The standard InChI is InChI=1S/C28H42O5.C4H6O/c1-4-5-6-7-23-8-10-24(11-9-23)12-13-25-14-16-26(17-15-25)18-27(20-31-3)21-32-33-28(30)22(2)19-29;1-4(2)3-5/h8-11,14,16,25-27,29H,2,4-7,12-13,15,17-21H2,1,3H3;3H,1H2,2H3. The van der Waals surface area contributed by atoms with Gasteiger partial charge in [-0.15, -0.1) is 0 Å². The van der Waals surface area contributed by atoms with Crippen molar-refractivity contribution in [3.8, 4) is 0 Å². The molecule has 0 aliphatic heterocycles. The maximum absolute atomic E-state index is 11.5. The number of unbranched alkanes of at least 4 members (excludes halogenated alkanes) is 2. The maximum atomic E-state index is 11.5. The summed E-state index contributed by atoms with van der Waals surface area (Å²) in [6.07, 6.45) is 16.1. The van der Waals surface area contributed by atoms with Crippen LogP contribution in [0.1, 0.15) is 69.9 Å². The Balaban J connectivity index is 0.00000132. The van der Waals surface area contributed by atoms with Gasteiger partial charge >= 0.3 is 5.97 Å². The molecule has 6 heteroatoms. The Morgan fingerprint density at radius 3 is 2.18 bits per heavy atom. The molecule has 1 aliphatic carbocycles. The molecule has 0 heterocycles. The van der Waals surface area contributed by atoms with E-state index in [0.29, 0.717) is 24.0 Å². The predicted molar refractivity (Wildman–Crippen MR) is 152 cm³/mol. The lowest BCUT2D eigenvalue weighted by Gasteiger charge is -2.26. The summed E-state index contributed by atoms with van der Waals surface area (Å²) in [7, 11) is 1.66. The number of hydrogen-bond acceptors (Lipinski definition) is 6. The molecule has 0 saturated carbocycles.